The fourth-order valence-electron chi connectivity index (χ4n) is 4.23. The van der Waals surface area contributed by atoms with Gasteiger partial charge in [0.2, 0.25) is 10.0 Å². The number of amides is 1. The van der Waals surface area contributed by atoms with Crippen LogP contribution in [0.25, 0.3) is 23.0 Å². The van der Waals surface area contributed by atoms with Crippen molar-refractivity contribution in [3.8, 4) is 23.0 Å². The first kappa shape index (κ1) is 28.5. The summed E-state index contributed by atoms with van der Waals surface area (Å²) >= 11 is 0. The highest BCUT2D eigenvalue weighted by molar-refractivity contribution is 7.89. The van der Waals surface area contributed by atoms with Crippen molar-refractivity contribution < 1.29 is 13.2 Å². The van der Waals surface area contributed by atoms with E-state index < -0.39 is 15.9 Å². The van der Waals surface area contributed by atoms with Crippen molar-refractivity contribution in [3.05, 3.63) is 90.7 Å². The van der Waals surface area contributed by atoms with E-state index in [9.17, 15) is 18.5 Å². The first-order valence-corrected chi connectivity index (χ1v) is 14.4. The van der Waals surface area contributed by atoms with E-state index in [0.29, 0.717) is 49.4 Å². The third-order valence-corrected chi connectivity index (χ3v) is 8.36. The van der Waals surface area contributed by atoms with E-state index in [1.807, 2.05) is 47.2 Å². The van der Waals surface area contributed by atoms with Crippen LogP contribution in [0, 0.1) is 11.3 Å². The minimum absolute atomic E-state index is 0.0802. The van der Waals surface area contributed by atoms with Gasteiger partial charge in [-0.1, -0.05) is 44.2 Å². The molecule has 2 aromatic carbocycles. The molecule has 0 atom stereocenters. The number of nitrogens with zero attached hydrogens (tertiary/aromatic N) is 6. The summed E-state index contributed by atoms with van der Waals surface area (Å²) in [4.78, 5) is 17.0. The lowest BCUT2D eigenvalue weighted by Gasteiger charge is -2.18. The average molecular weight is 558 g/mol. The van der Waals surface area contributed by atoms with E-state index in [2.05, 4.69) is 10.3 Å². The van der Waals surface area contributed by atoms with Gasteiger partial charge in [0.25, 0.3) is 5.91 Å². The number of rotatable bonds is 12. The van der Waals surface area contributed by atoms with Crippen LogP contribution < -0.4 is 5.32 Å². The predicted molar refractivity (Wildman–Crippen MR) is 153 cm³/mol. The van der Waals surface area contributed by atoms with Crippen molar-refractivity contribution in [2.45, 2.75) is 31.7 Å². The van der Waals surface area contributed by atoms with Crippen LogP contribution in [0.1, 0.15) is 25.8 Å². The number of benzene rings is 2. The van der Waals surface area contributed by atoms with Crippen molar-refractivity contribution in [2.24, 2.45) is 0 Å². The smallest absolute Gasteiger partial charge is 0.261 e. The Morgan fingerprint density at radius 2 is 1.90 bits per heavy atom. The average Bonchev–Trinajstić information content (AvgIpc) is 3.65. The molecule has 0 bridgehead atoms. The number of carbonyl (C=O) groups is 1. The van der Waals surface area contributed by atoms with Gasteiger partial charge in [0.05, 0.1) is 16.9 Å². The van der Waals surface area contributed by atoms with Crippen LogP contribution in [-0.2, 0) is 21.4 Å². The number of hydrogen-bond acceptors (Lipinski definition) is 6. The van der Waals surface area contributed by atoms with E-state index in [-0.39, 0.29) is 10.5 Å². The van der Waals surface area contributed by atoms with Crippen LogP contribution >= 0.6 is 0 Å². The van der Waals surface area contributed by atoms with Crippen LogP contribution in [0.15, 0.2) is 90.0 Å². The summed E-state index contributed by atoms with van der Waals surface area (Å²) < 4.78 is 31.3. The molecule has 206 valence electrons. The Morgan fingerprint density at radius 3 is 2.58 bits per heavy atom. The highest BCUT2D eigenvalue weighted by atomic mass is 32.2. The number of para-hydroxylation sites is 1. The molecule has 0 spiro atoms. The zero-order valence-electron chi connectivity index (χ0n) is 22.4. The highest BCUT2D eigenvalue weighted by Crippen LogP contribution is 2.28. The molecule has 0 unspecified atom stereocenters. The molecular formula is C29H31N7O3S. The number of aryl methyl sites for hydroxylation is 1. The first-order chi connectivity index (χ1) is 19.4. The Kier molecular flexibility index (Phi) is 9.27. The Bertz CT molecular complexity index is 1620. The van der Waals surface area contributed by atoms with E-state index in [0.717, 1.165) is 5.69 Å². The van der Waals surface area contributed by atoms with E-state index in [1.165, 1.54) is 10.4 Å². The normalized spacial score (nSPS) is 11.9. The standard InChI is InChI=1S/C29H31N7O3S/c1-3-35(4-2)40(38,39)27-13-8-10-23(19-27)28-25(21-36(33-28)26-11-6-5-7-12-26)18-24(20-30)29(37)32-14-9-16-34-17-15-31-22-34/h5-8,10-13,15,17-19,21-22H,3-4,9,14,16H2,1-2H3,(H,32,37). The van der Waals surface area contributed by atoms with Crippen LogP contribution in [0.4, 0.5) is 0 Å². The van der Waals surface area contributed by atoms with Gasteiger partial charge in [0.15, 0.2) is 0 Å². The van der Waals surface area contributed by atoms with Crippen molar-refractivity contribution in [1.82, 2.24) is 29.0 Å². The first-order valence-electron chi connectivity index (χ1n) is 13.0. The fraction of sp³-hybridized carbons (Fsp3) is 0.241. The third kappa shape index (κ3) is 6.54. The summed E-state index contributed by atoms with van der Waals surface area (Å²) in [7, 11) is -3.70. The van der Waals surface area contributed by atoms with Crippen molar-refractivity contribution >= 4 is 22.0 Å². The van der Waals surface area contributed by atoms with E-state index >= 15 is 0 Å². The topological polar surface area (TPSA) is 126 Å². The molecule has 0 saturated carbocycles. The van der Waals surface area contributed by atoms with Gasteiger partial charge in [-0.05, 0) is 36.8 Å². The van der Waals surface area contributed by atoms with Gasteiger partial charge in [0, 0.05) is 55.9 Å². The molecule has 40 heavy (non-hydrogen) atoms. The Labute approximate surface area is 234 Å². The van der Waals surface area contributed by atoms with Crippen molar-refractivity contribution in [3.63, 3.8) is 0 Å². The second kappa shape index (κ2) is 13.0. The maximum Gasteiger partial charge on any atom is 0.261 e. The summed E-state index contributed by atoms with van der Waals surface area (Å²) in [5, 5.41) is 17.3. The second-order valence-corrected chi connectivity index (χ2v) is 10.8. The summed E-state index contributed by atoms with van der Waals surface area (Å²) in [5.74, 6) is -0.496. The number of hydrogen-bond donors (Lipinski definition) is 1. The number of aromatic nitrogens is 4. The molecule has 0 saturated heterocycles. The number of nitrogens with one attached hydrogen (secondary N) is 1. The lowest BCUT2D eigenvalue weighted by molar-refractivity contribution is -0.117. The highest BCUT2D eigenvalue weighted by Gasteiger charge is 2.23. The molecule has 0 radical (unpaired) electrons. The van der Waals surface area contributed by atoms with Gasteiger partial charge in [-0.3, -0.25) is 4.79 Å². The Morgan fingerprint density at radius 1 is 1.12 bits per heavy atom. The summed E-state index contributed by atoms with van der Waals surface area (Å²) in [6.07, 6.45) is 9.12. The molecule has 2 heterocycles. The largest absolute Gasteiger partial charge is 0.351 e. The van der Waals surface area contributed by atoms with E-state index in [4.69, 9.17) is 5.10 Å². The molecule has 4 aromatic rings. The van der Waals surface area contributed by atoms with Gasteiger partial charge in [-0.25, -0.2) is 18.1 Å². The lowest BCUT2D eigenvalue weighted by atomic mass is 10.1. The zero-order valence-corrected chi connectivity index (χ0v) is 23.3. The molecule has 0 aliphatic carbocycles. The van der Waals surface area contributed by atoms with Gasteiger partial charge in [-0.2, -0.15) is 14.7 Å². The van der Waals surface area contributed by atoms with Crippen LogP contribution in [-0.4, -0.2) is 57.6 Å². The molecule has 10 nitrogen and oxygen atoms in total. The number of nitriles is 1. The molecule has 2 aromatic heterocycles. The molecule has 0 aliphatic rings. The minimum atomic E-state index is -3.70. The molecular weight excluding hydrogens is 526 g/mol. The maximum absolute atomic E-state index is 13.2. The SMILES string of the molecule is CCN(CC)S(=O)(=O)c1cccc(-c2nn(-c3ccccc3)cc2C=C(C#N)C(=O)NCCCn2ccnc2)c1. The van der Waals surface area contributed by atoms with Crippen molar-refractivity contribution in [2.75, 3.05) is 19.6 Å². The lowest BCUT2D eigenvalue weighted by Crippen LogP contribution is -2.30. The maximum atomic E-state index is 13.2. The van der Waals surface area contributed by atoms with Gasteiger partial charge in [0.1, 0.15) is 17.3 Å². The third-order valence-electron chi connectivity index (χ3n) is 6.32. The Hall–Kier alpha value is -4.53. The van der Waals surface area contributed by atoms with Gasteiger partial charge in [-0.15, -0.1) is 0 Å². The quantitative estimate of drug-likeness (QED) is 0.160. The summed E-state index contributed by atoms with van der Waals surface area (Å²) in [5.41, 5.74) is 2.20. The molecule has 1 N–H and O–H groups in total. The number of carbonyl (C=O) groups excluding carboxylic acids is 1. The number of imidazole rings is 1. The monoisotopic (exact) mass is 557 g/mol. The summed E-state index contributed by atoms with van der Waals surface area (Å²) in [6, 6.07) is 17.9. The zero-order chi connectivity index (χ0) is 28.5. The number of sulfonamides is 1. The molecule has 1 amide bonds. The second-order valence-electron chi connectivity index (χ2n) is 8.91. The molecule has 0 fully saturated rings. The minimum Gasteiger partial charge on any atom is -0.351 e. The van der Waals surface area contributed by atoms with Crippen LogP contribution in [0.2, 0.25) is 0 Å². The fourth-order valence-corrected chi connectivity index (χ4v) is 5.73. The summed E-state index contributed by atoms with van der Waals surface area (Å²) in [6.45, 7) is 5.36. The molecule has 11 heteroatoms. The molecule has 4 rings (SSSR count). The van der Waals surface area contributed by atoms with Crippen LogP contribution in [0.3, 0.4) is 0 Å². The predicted octanol–water partition coefficient (Wildman–Crippen LogP) is 3.88. The van der Waals surface area contributed by atoms with Gasteiger partial charge >= 0.3 is 0 Å². The Balaban J connectivity index is 1.68. The van der Waals surface area contributed by atoms with E-state index in [1.54, 1.807) is 61.5 Å². The van der Waals surface area contributed by atoms with Crippen molar-refractivity contribution in [1.29, 1.82) is 5.26 Å². The van der Waals surface area contributed by atoms with Gasteiger partial charge < -0.3 is 9.88 Å². The molecule has 0 aliphatic heterocycles. The van der Waals surface area contributed by atoms with Crippen LogP contribution in [0.5, 0.6) is 0 Å².